The van der Waals surface area contributed by atoms with Gasteiger partial charge in [-0.3, -0.25) is 14.4 Å². The maximum Gasteiger partial charge on any atom is 0.272 e. The van der Waals surface area contributed by atoms with E-state index in [2.05, 4.69) is 16.0 Å². The standard InChI is InChI=1S/C31H24Cl3N3O3S/c1-19(29(38)35-24-11-9-22(32)10-12-24)41-26-15-13-25(14-16-26)36-31(40)28(17-21-7-8-23(33)18-27(21)34)37-30(39)20-5-3-2-4-6-20/h2-19H,1H3,(H,35,38)(H,36,40)(H,37,39)/b28-17-. The first-order valence-corrected chi connectivity index (χ1v) is 14.4. The van der Waals surface area contributed by atoms with Crippen molar-refractivity contribution < 1.29 is 14.4 Å². The van der Waals surface area contributed by atoms with E-state index in [-0.39, 0.29) is 16.9 Å². The molecule has 3 amide bonds. The predicted molar refractivity (Wildman–Crippen MR) is 169 cm³/mol. The van der Waals surface area contributed by atoms with E-state index < -0.39 is 11.8 Å². The van der Waals surface area contributed by atoms with Gasteiger partial charge in [-0.25, -0.2) is 0 Å². The molecule has 0 spiro atoms. The monoisotopic (exact) mass is 623 g/mol. The second-order valence-electron chi connectivity index (χ2n) is 8.78. The fourth-order valence-electron chi connectivity index (χ4n) is 3.57. The van der Waals surface area contributed by atoms with Crippen LogP contribution in [0.3, 0.4) is 0 Å². The van der Waals surface area contributed by atoms with Crippen LogP contribution in [0.2, 0.25) is 15.1 Å². The zero-order valence-corrected chi connectivity index (χ0v) is 24.7. The smallest absolute Gasteiger partial charge is 0.272 e. The molecule has 0 radical (unpaired) electrons. The topological polar surface area (TPSA) is 87.3 Å². The lowest BCUT2D eigenvalue weighted by atomic mass is 10.1. The highest BCUT2D eigenvalue weighted by molar-refractivity contribution is 8.00. The van der Waals surface area contributed by atoms with Gasteiger partial charge in [-0.05, 0) is 91.4 Å². The van der Waals surface area contributed by atoms with Gasteiger partial charge in [0.05, 0.1) is 5.25 Å². The molecular formula is C31H24Cl3N3O3S. The maximum atomic E-state index is 13.3. The molecule has 1 atom stereocenters. The van der Waals surface area contributed by atoms with Crippen molar-refractivity contribution in [2.45, 2.75) is 17.1 Å². The first kappa shape index (κ1) is 30.2. The highest BCUT2D eigenvalue weighted by atomic mass is 35.5. The van der Waals surface area contributed by atoms with Crippen molar-refractivity contribution in [2.75, 3.05) is 10.6 Å². The van der Waals surface area contributed by atoms with Crippen LogP contribution in [-0.2, 0) is 9.59 Å². The third-order valence-electron chi connectivity index (χ3n) is 5.70. The highest BCUT2D eigenvalue weighted by Crippen LogP contribution is 2.27. The van der Waals surface area contributed by atoms with E-state index in [4.69, 9.17) is 34.8 Å². The summed E-state index contributed by atoms with van der Waals surface area (Å²) in [7, 11) is 0. The largest absolute Gasteiger partial charge is 0.325 e. The van der Waals surface area contributed by atoms with Gasteiger partial charge in [0.25, 0.3) is 11.8 Å². The molecule has 4 rings (SSSR count). The molecule has 3 N–H and O–H groups in total. The summed E-state index contributed by atoms with van der Waals surface area (Å²) in [4.78, 5) is 39.6. The Hall–Kier alpha value is -3.75. The summed E-state index contributed by atoms with van der Waals surface area (Å²) < 4.78 is 0. The third-order valence-corrected chi connectivity index (χ3v) is 7.62. The Kier molecular flexibility index (Phi) is 10.5. The van der Waals surface area contributed by atoms with E-state index in [1.807, 2.05) is 0 Å². The molecule has 0 aliphatic heterocycles. The number of thioether (sulfide) groups is 1. The maximum absolute atomic E-state index is 13.3. The Bertz CT molecular complexity index is 1580. The molecule has 0 saturated heterocycles. The van der Waals surface area contributed by atoms with Crippen molar-refractivity contribution in [2.24, 2.45) is 0 Å². The molecule has 0 heterocycles. The molecule has 6 nitrogen and oxygen atoms in total. The first-order valence-electron chi connectivity index (χ1n) is 12.4. The van der Waals surface area contributed by atoms with Crippen molar-refractivity contribution in [3.63, 3.8) is 0 Å². The number of hydrogen-bond acceptors (Lipinski definition) is 4. The molecule has 41 heavy (non-hydrogen) atoms. The number of rotatable bonds is 9. The summed E-state index contributed by atoms with van der Waals surface area (Å²) in [6, 6.07) is 27.3. The lowest BCUT2D eigenvalue weighted by molar-refractivity contribution is -0.115. The van der Waals surface area contributed by atoms with E-state index in [0.717, 1.165) is 4.90 Å². The number of carbonyl (C=O) groups is 3. The first-order chi connectivity index (χ1) is 19.7. The summed E-state index contributed by atoms with van der Waals surface area (Å²) in [6.07, 6.45) is 1.49. The Morgan fingerprint density at radius 2 is 1.37 bits per heavy atom. The fraction of sp³-hybridized carbons (Fsp3) is 0.0645. The summed E-state index contributed by atoms with van der Waals surface area (Å²) >= 11 is 19.6. The van der Waals surface area contributed by atoms with E-state index >= 15 is 0 Å². The summed E-state index contributed by atoms with van der Waals surface area (Å²) in [5, 5.41) is 9.32. The summed E-state index contributed by atoms with van der Waals surface area (Å²) in [6.45, 7) is 1.81. The van der Waals surface area contributed by atoms with Gasteiger partial charge >= 0.3 is 0 Å². The molecule has 4 aromatic rings. The molecule has 0 saturated carbocycles. The van der Waals surface area contributed by atoms with Crippen LogP contribution in [0.15, 0.2) is 108 Å². The highest BCUT2D eigenvalue weighted by Gasteiger charge is 2.17. The van der Waals surface area contributed by atoms with Gasteiger partial charge in [0.15, 0.2) is 0 Å². The number of amides is 3. The quantitative estimate of drug-likeness (QED) is 0.129. The van der Waals surface area contributed by atoms with Crippen molar-refractivity contribution in [1.82, 2.24) is 5.32 Å². The zero-order valence-electron chi connectivity index (χ0n) is 21.7. The van der Waals surface area contributed by atoms with Crippen molar-refractivity contribution in [3.05, 3.63) is 129 Å². The molecule has 0 aliphatic carbocycles. The number of carbonyl (C=O) groups excluding carboxylic acids is 3. The molecule has 0 aliphatic rings. The van der Waals surface area contributed by atoms with Gasteiger partial charge in [-0.2, -0.15) is 0 Å². The number of hydrogen-bond donors (Lipinski definition) is 3. The predicted octanol–water partition coefficient (Wildman–Crippen LogP) is 8.18. The van der Waals surface area contributed by atoms with Crippen molar-refractivity contribution in [3.8, 4) is 0 Å². The molecule has 10 heteroatoms. The number of nitrogens with one attached hydrogen (secondary N) is 3. The minimum Gasteiger partial charge on any atom is -0.325 e. The van der Waals surface area contributed by atoms with Crippen LogP contribution in [0.1, 0.15) is 22.8 Å². The van der Waals surface area contributed by atoms with Gasteiger partial charge < -0.3 is 16.0 Å². The average molecular weight is 625 g/mol. The van der Waals surface area contributed by atoms with Crippen LogP contribution in [-0.4, -0.2) is 23.0 Å². The average Bonchev–Trinajstić information content (AvgIpc) is 2.96. The zero-order chi connectivity index (χ0) is 29.4. The van der Waals surface area contributed by atoms with E-state index in [1.165, 1.54) is 17.8 Å². The van der Waals surface area contributed by atoms with E-state index in [0.29, 0.717) is 37.6 Å². The molecule has 1 unspecified atom stereocenters. The normalized spacial score (nSPS) is 11.9. The van der Waals surface area contributed by atoms with Gasteiger partial charge in [-0.15, -0.1) is 11.8 Å². The Morgan fingerprint density at radius 1 is 0.756 bits per heavy atom. The van der Waals surface area contributed by atoms with Gasteiger partial charge in [0.1, 0.15) is 5.70 Å². The number of anilines is 2. The van der Waals surface area contributed by atoms with Crippen molar-refractivity contribution in [1.29, 1.82) is 0 Å². The molecule has 208 valence electrons. The lowest BCUT2D eigenvalue weighted by Gasteiger charge is -2.14. The minimum atomic E-state index is -0.545. The molecule has 4 aromatic carbocycles. The van der Waals surface area contributed by atoms with Crippen LogP contribution in [0.5, 0.6) is 0 Å². The van der Waals surface area contributed by atoms with Crippen LogP contribution in [0.25, 0.3) is 6.08 Å². The molecule has 0 fully saturated rings. The van der Waals surface area contributed by atoms with Crippen LogP contribution in [0, 0.1) is 0 Å². The summed E-state index contributed by atoms with van der Waals surface area (Å²) in [5.74, 6) is -1.15. The fourth-order valence-corrected chi connectivity index (χ4v) is 5.02. The Balaban J connectivity index is 1.45. The SMILES string of the molecule is CC(Sc1ccc(NC(=O)/C(=C/c2ccc(Cl)cc2Cl)NC(=O)c2ccccc2)cc1)C(=O)Nc1ccc(Cl)cc1. The Morgan fingerprint density at radius 3 is 2.02 bits per heavy atom. The second kappa shape index (κ2) is 14.2. The third kappa shape index (κ3) is 8.87. The number of halogens is 3. The summed E-state index contributed by atoms with van der Waals surface area (Å²) in [5.41, 5.74) is 2.05. The van der Waals surface area contributed by atoms with E-state index in [1.54, 1.807) is 104 Å². The van der Waals surface area contributed by atoms with Gasteiger partial charge in [0, 0.05) is 36.9 Å². The Labute approximate surface area is 257 Å². The molecule has 0 bridgehead atoms. The van der Waals surface area contributed by atoms with Crippen LogP contribution >= 0.6 is 46.6 Å². The van der Waals surface area contributed by atoms with E-state index in [9.17, 15) is 14.4 Å². The second-order valence-corrected chi connectivity index (χ2v) is 11.5. The molecule has 0 aromatic heterocycles. The number of benzene rings is 4. The van der Waals surface area contributed by atoms with Gasteiger partial charge in [0.2, 0.25) is 5.91 Å². The molecular weight excluding hydrogens is 601 g/mol. The van der Waals surface area contributed by atoms with Crippen LogP contribution in [0.4, 0.5) is 11.4 Å². The minimum absolute atomic E-state index is 0.00554. The lowest BCUT2D eigenvalue weighted by Crippen LogP contribution is -2.30. The van der Waals surface area contributed by atoms with Gasteiger partial charge in [-0.1, -0.05) is 59.1 Å². The van der Waals surface area contributed by atoms with Crippen LogP contribution < -0.4 is 16.0 Å². The van der Waals surface area contributed by atoms with Crippen molar-refractivity contribution >= 4 is 81.7 Å².